The van der Waals surface area contributed by atoms with Crippen LogP contribution in [0.5, 0.6) is 0 Å². The molecular weight excluding hydrogens is 276 g/mol. The van der Waals surface area contributed by atoms with Crippen LogP contribution in [0.4, 0.5) is 0 Å². The predicted octanol–water partition coefficient (Wildman–Crippen LogP) is 2.36. The molecule has 1 aliphatic carbocycles. The zero-order valence-electron chi connectivity index (χ0n) is 12.8. The smallest absolute Gasteiger partial charge is 0.228 e. The Morgan fingerprint density at radius 1 is 1.09 bits per heavy atom. The quantitative estimate of drug-likeness (QED) is 0.859. The van der Waals surface area contributed by atoms with E-state index in [0.717, 1.165) is 32.2 Å². The molecule has 0 aromatic heterocycles. The van der Waals surface area contributed by atoms with Gasteiger partial charge < -0.3 is 9.80 Å². The standard InChI is InChI=1S/C18H22N2O2/c21-17-11-14(12-20(17)15-8-9-15)18(22)19-10-4-7-16(19)13-5-2-1-3-6-13/h1-3,5-6,14-16H,4,7-12H2. The molecule has 2 unspecified atom stereocenters. The summed E-state index contributed by atoms with van der Waals surface area (Å²) in [5, 5.41) is 0. The number of hydrogen-bond acceptors (Lipinski definition) is 2. The van der Waals surface area contributed by atoms with Gasteiger partial charge in [-0.3, -0.25) is 9.59 Å². The summed E-state index contributed by atoms with van der Waals surface area (Å²) in [6, 6.07) is 10.9. The first kappa shape index (κ1) is 13.8. The van der Waals surface area contributed by atoms with Gasteiger partial charge in [0.1, 0.15) is 0 Å². The van der Waals surface area contributed by atoms with Crippen LogP contribution in [-0.4, -0.2) is 40.7 Å². The minimum Gasteiger partial charge on any atom is -0.339 e. The van der Waals surface area contributed by atoms with E-state index in [0.29, 0.717) is 19.0 Å². The molecule has 116 valence electrons. The summed E-state index contributed by atoms with van der Waals surface area (Å²) < 4.78 is 0. The Morgan fingerprint density at radius 3 is 2.59 bits per heavy atom. The van der Waals surface area contributed by atoms with Crippen LogP contribution < -0.4 is 0 Å². The molecule has 2 saturated heterocycles. The predicted molar refractivity (Wildman–Crippen MR) is 83.0 cm³/mol. The molecule has 0 spiro atoms. The lowest BCUT2D eigenvalue weighted by atomic mass is 10.0. The normalized spacial score (nSPS) is 28.5. The lowest BCUT2D eigenvalue weighted by Crippen LogP contribution is -2.37. The Morgan fingerprint density at radius 2 is 1.86 bits per heavy atom. The van der Waals surface area contributed by atoms with E-state index in [-0.39, 0.29) is 23.8 Å². The van der Waals surface area contributed by atoms with Crippen molar-refractivity contribution in [2.24, 2.45) is 5.92 Å². The van der Waals surface area contributed by atoms with Gasteiger partial charge in [-0.1, -0.05) is 30.3 Å². The number of benzene rings is 1. The highest BCUT2D eigenvalue weighted by atomic mass is 16.2. The van der Waals surface area contributed by atoms with Crippen LogP contribution in [0.15, 0.2) is 30.3 Å². The van der Waals surface area contributed by atoms with Crippen LogP contribution in [0.25, 0.3) is 0 Å². The van der Waals surface area contributed by atoms with Gasteiger partial charge >= 0.3 is 0 Å². The molecule has 1 aromatic carbocycles. The molecule has 1 aromatic rings. The minimum atomic E-state index is -0.127. The molecule has 22 heavy (non-hydrogen) atoms. The Labute approximate surface area is 131 Å². The summed E-state index contributed by atoms with van der Waals surface area (Å²) in [7, 11) is 0. The molecule has 4 nitrogen and oxygen atoms in total. The van der Waals surface area contributed by atoms with Gasteiger partial charge in [0.25, 0.3) is 0 Å². The lowest BCUT2D eigenvalue weighted by molar-refractivity contribution is -0.136. The number of amides is 2. The summed E-state index contributed by atoms with van der Waals surface area (Å²) >= 11 is 0. The SMILES string of the molecule is O=C1CC(C(=O)N2CCCC2c2ccccc2)CN1C1CC1. The highest BCUT2D eigenvalue weighted by molar-refractivity contribution is 5.90. The van der Waals surface area contributed by atoms with Crippen molar-refractivity contribution in [2.45, 2.75) is 44.2 Å². The summed E-state index contributed by atoms with van der Waals surface area (Å²) in [6.45, 7) is 1.47. The third-order valence-corrected chi connectivity index (χ3v) is 5.22. The zero-order valence-corrected chi connectivity index (χ0v) is 12.8. The Kier molecular flexibility index (Phi) is 3.40. The van der Waals surface area contributed by atoms with Gasteiger partial charge in [-0.25, -0.2) is 0 Å². The fourth-order valence-electron chi connectivity index (χ4n) is 3.92. The van der Waals surface area contributed by atoms with Crippen LogP contribution in [0, 0.1) is 5.92 Å². The lowest BCUT2D eigenvalue weighted by Gasteiger charge is -2.27. The topological polar surface area (TPSA) is 40.6 Å². The van der Waals surface area contributed by atoms with Gasteiger partial charge in [-0.15, -0.1) is 0 Å². The molecule has 4 rings (SSSR count). The third-order valence-electron chi connectivity index (χ3n) is 5.22. The van der Waals surface area contributed by atoms with Crippen LogP contribution in [-0.2, 0) is 9.59 Å². The number of likely N-dealkylation sites (tertiary alicyclic amines) is 2. The maximum atomic E-state index is 12.9. The van der Waals surface area contributed by atoms with Gasteiger partial charge in [-0.05, 0) is 31.2 Å². The van der Waals surface area contributed by atoms with Crippen LogP contribution in [0.3, 0.4) is 0 Å². The summed E-state index contributed by atoms with van der Waals surface area (Å²) in [6.07, 6.45) is 4.72. The first-order chi connectivity index (χ1) is 10.7. The number of rotatable bonds is 3. The van der Waals surface area contributed by atoms with Crippen molar-refractivity contribution < 1.29 is 9.59 Å². The molecule has 0 N–H and O–H groups in total. The van der Waals surface area contributed by atoms with Gasteiger partial charge in [-0.2, -0.15) is 0 Å². The van der Waals surface area contributed by atoms with E-state index in [1.54, 1.807) is 0 Å². The summed E-state index contributed by atoms with van der Waals surface area (Å²) in [4.78, 5) is 29.0. The second-order valence-electron chi connectivity index (χ2n) is 6.78. The average Bonchev–Trinajstić information content (AvgIpc) is 3.13. The number of carbonyl (C=O) groups excluding carboxylic acids is 2. The van der Waals surface area contributed by atoms with E-state index in [9.17, 15) is 9.59 Å². The molecule has 2 atom stereocenters. The van der Waals surface area contributed by atoms with Crippen molar-refractivity contribution >= 4 is 11.8 Å². The van der Waals surface area contributed by atoms with E-state index < -0.39 is 0 Å². The van der Waals surface area contributed by atoms with Crippen molar-refractivity contribution in [1.82, 2.24) is 9.80 Å². The van der Waals surface area contributed by atoms with E-state index in [1.165, 1.54) is 5.56 Å². The van der Waals surface area contributed by atoms with Crippen LogP contribution in [0.1, 0.15) is 43.7 Å². The van der Waals surface area contributed by atoms with Gasteiger partial charge in [0.05, 0.1) is 12.0 Å². The summed E-state index contributed by atoms with van der Waals surface area (Å²) in [5.41, 5.74) is 1.22. The van der Waals surface area contributed by atoms with Crippen molar-refractivity contribution in [3.63, 3.8) is 0 Å². The molecule has 3 aliphatic rings. The second-order valence-corrected chi connectivity index (χ2v) is 6.78. The number of carbonyl (C=O) groups is 2. The fourth-order valence-corrected chi connectivity index (χ4v) is 3.92. The van der Waals surface area contributed by atoms with E-state index in [1.807, 2.05) is 28.0 Å². The molecule has 2 aliphatic heterocycles. The molecule has 4 heteroatoms. The van der Waals surface area contributed by atoms with Crippen molar-refractivity contribution in [1.29, 1.82) is 0 Å². The maximum absolute atomic E-state index is 12.9. The molecule has 0 radical (unpaired) electrons. The maximum Gasteiger partial charge on any atom is 0.228 e. The van der Waals surface area contributed by atoms with Crippen molar-refractivity contribution in [3.05, 3.63) is 35.9 Å². The molecule has 2 amide bonds. The highest BCUT2D eigenvalue weighted by Gasteiger charge is 2.44. The first-order valence-electron chi connectivity index (χ1n) is 8.39. The van der Waals surface area contributed by atoms with E-state index in [4.69, 9.17) is 0 Å². The van der Waals surface area contributed by atoms with E-state index in [2.05, 4.69) is 12.1 Å². The Balaban J connectivity index is 1.49. The van der Waals surface area contributed by atoms with Crippen LogP contribution >= 0.6 is 0 Å². The zero-order chi connectivity index (χ0) is 15.1. The molecule has 3 fully saturated rings. The van der Waals surface area contributed by atoms with Gasteiger partial charge in [0.2, 0.25) is 11.8 Å². The number of nitrogens with zero attached hydrogens (tertiary/aromatic N) is 2. The van der Waals surface area contributed by atoms with Crippen LogP contribution in [0.2, 0.25) is 0 Å². The number of hydrogen-bond donors (Lipinski definition) is 0. The minimum absolute atomic E-state index is 0.127. The molecular formula is C18H22N2O2. The largest absolute Gasteiger partial charge is 0.339 e. The Bertz CT molecular complexity index is 582. The van der Waals surface area contributed by atoms with Gasteiger partial charge in [0, 0.05) is 25.6 Å². The summed E-state index contributed by atoms with van der Waals surface area (Å²) in [5.74, 6) is 0.233. The van der Waals surface area contributed by atoms with Gasteiger partial charge in [0.15, 0.2) is 0 Å². The molecule has 1 saturated carbocycles. The highest BCUT2D eigenvalue weighted by Crippen LogP contribution is 2.37. The molecule has 0 bridgehead atoms. The Hall–Kier alpha value is -1.84. The van der Waals surface area contributed by atoms with Crippen molar-refractivity contribution in [3.8, 4) is 0 Å². The van der Waals surface area contributed by atoms with E-state index >= 15 is 0 Å². The monoisotopic (exact) mass is 298 g/mol. The first-order valence-corrected chi connectivity index (χ1v) is 8.39. The fraction of sp³-hybridized carbons (Fsp3) is 0.556. The van der Waals surface area contributed by atoms with Crippen molar-refractivity contribution in [2.75, 3.05) is 13.1 Å². The second kappa shape index (κ2) is 5.41. The third kappa shape index (κ3) is 2.40. The molecule has 2 heterocycles. The average molecular weight is 298 g/mol.